The molecular formula is C20H33IN4O2. The summed E-state index contributed by atoms with van der Waals surface area (Å²) in [5, 5.41) is 6.76. The molecule has 0 amide bonds. The summed E-state index contributed by atoms with van der Waals surface area (Å²) in [6.45, 7) is 3.86. The number of halogens is 1. The van der Waals surface area contributed by atoms with Crippen LogP contribution in [-0.2, 0) is 16.1 Å². The molecule has 1 aromatic rings. The minimum Gasteiger partial charge on any atom is -0.469 e. The van der Waals surface area contributed by atoms with Crippen molar-refractivity contribution in [2.24, 2.45) is 4.99 Å². The van der Waals surface area contributed by atoms with Crippen molar-refractivity contribution in [2.75, 3.05) is 33.8 Å². The number of carbonyl (C=O) groups excluding carboxylic acids is 1. The van der Waals surface area contributed by atoms with Crippen molar-refractivity contribution >= 4 is 35.9 Å². The lowest BCUT2D eigenvalue weighted by Gasteiger charge is -2.25. The highest BCUT2D eigenvalue weighted by Gasteiger charge is 2.24. The van der Waals surface area contributed by atoms with Crippen LogP contribution in [0.2, 0.25) is 0 Å². The van der Waals surface area contributed by atoms with Crippen molar-refractivity contribution in [2.45, 2.75) is 44.7 Å². The van der Waals surface area contributed by atoms with Crippen molar-refractivity contribution < 1.29 is 9.53 Å². The number of unbranched alkanes of at least 4 members (excludes halogenated alkanes) is 1. The van der Waals surface area contributed by atoms with Crippen LogP contribution in [0.1, 0.15) is 37.7 Å². The highest BCUT2D eigenvalue weighted by Crippen LogP contribution is 2.19. The molecule has 6 nitrogen and oxygen atoms in total. The van der Waals surface area contributed by atoms with E-state index in [0.29, 0.717) is 12.5 Å². The van der Waals surface area contributed by atoms with E-state index in [1.807, 2.05) is 0 Å². The number of methoxy groups -OCH3 is 1. The van der Waals surface area contributed by atoms with Gasteiger partial charge in [-0.1, -0.05) is 30.3 Å². The number of hydrogen-bond acceptors (Lipinski definition) is 4. The lowest BCUT2D eigenvalue weighted by Crippen LogP contribution is -2.44. The van der Waals surface area contributed by atoms with Crippen molar-refractivity contribution in [3.8, 4) is 0 Å². The Morgan fingerprint density at radius 2 is 2.04 bits per heavy atom. The summed E-state index contributed by atoms with van der Waals surface area (Å²) in [4.78, 5) is 17.9. The van der Waals surface area contributed by atoms with Gasteiger partial charge in [0.1, 0.15) is 0 Å². The van der Waals surface area contributed by atoms with E-state index in [0.717, 1.165) is 45.0 Å². The maximum atomic E-state index is 11.1. The van der Waals surface area contributed by atoms with Gasteiger partial charge in [0.15, 0.2) is 5.96 Å². The lowest BCUT2D eigenvalue weighted by atomic mass is 10.2. The molecule has 0 radical (unpaired) electrons. The second-order valence-corrected chi connectivity index (χ2v) is 6.67. The van der Waals surface area contributed by atoms with E-state index >= 15 is 0 Å². The molecule has 0 aliphatic carbocycles. The van der Waals surface area contributed by atoms with Gasteiger partial charge < -0.3 is 15.4 Å². The number of benzene rings is 1. The molecule has 0 aromatic heterocycles. The summed E-state index contributed by atoms with van der Waals surface area (Å²) in [5.74, 6) is 0.682. The molecule has 1 saturated heterocycles. The summed E-state index contributed by atoms with van der Waals surface area (Å²) < 4.78 is 4.65. The Balaban J connectivity index is 0.00000364. The number of esters is 1. The van der Waals surface area contributed by atoms with Crippen LogP contribution in [0, 0.1) is 0 Å². The first kappa shape index (κ1) is 23.7. The molecule has 1 atom stereocenters. The van der Waals surface area contributed by atoms with Crippen LogP contribution in [0.3, 0.4) is 0 Å². The van der Waals surface area contributed by atoms with Gasteiger partial charge in [0.05, 0.1) is 7.11 Å². The van der Waals surface area contributed by atoms with Crippen LogP contribution in [0.25, 0.3) is 0 Å². The highest BCUT2D eigenvalue weighted by molar-refractivity contribution is 14.0. The van der Waals surface area contributed by atoms with Gasteiger partial charge in [0.25, 0.3) is 0 Å². The maximum absolute atomic E-state index is 11.1. The Bertz CT molecular complexity index is 568. The highest BCUT2D eigenvalue weighted by atomic mass is 127. The zero-order valence-corrected chi connectivity index (χ0v) is 18.8. The van der Waals surface area contributed by atoms with Crippen LogP contribution >= 0.6 is 24.0 Å². The lowest BCUT2D eigenvalue weighted by molar-refractivity contribution is -0.140. The molecule has 7 heteroatoms. The number of guanidine groups is 1. The fourth-order valence-corrected chi connectivity index (χ4v) is 3.29. The van der Waals surface area contributed by atoms with E-state index in [-0.39, 0.29) is 29.9 Å². The topological polar surface area (TPSA) is 66.0 Å². The van der Waals surface area contributed by atoms with Crippen LogP contribution in [0.5, 0.6) is 0 Å². The molecule has 1 unspecified atom stereocenters. The van der Waals surface area contributed by atoms with Crippen molar-refractivity contribution in [1.29, 1.82) is 0 Å². The molecular weight excluding hydrogens is 455 g/mol. The number of rotatable bonds is 9. The van der Waals surface area contributed by atoms with Crippen molar-refractivity contribution in [3.63, 3.8) is 0 Å². The average Bonchev–Trinajstić information content (AvgIpc) is 3.11. The molecule has 152 valence electrons. The third kappa shape index (κ3) is 8.92. The van der Waals surface area contributed by atoms with Crippen LogP contribution in [0.15, 0.2) is 35.3 Å². The summed E-state index contributed by atoms with van der Waals surface area (Å²) in [6.07, 6.45) is 4.68. The summed E-state index contributed by atoms with van der Waals surface area (Å²) in [6, 6.07) is 11.2. The molecule has 1 aromatic carbocycles. The number of nitrogens with one attached hydrogen (secondary N) is 2. The van der Waals surface area contributed by atoms with Crippen molar-refractivity contribution in [1.82, 2.24) is 15.5 Å². The minimum atomic E-state index is -0.146. The smallest absolute Gasteiger partial charge is 0.305 e. The van der Waals surface area contributed by atoms with E-state index in [2.05, 4.69) is 55.6 Å². The molecule has 0 saturated carbocycles. The molecule has 2 rings (SSSR count). The van der Waals surface area contributed by atoms with E-state index in [4.69, 9.17) is 0 Å². The minimum absolute atomic E-state index is 0. The van der Waals surface area contributed by atoms with Gasteiger partial charge in [-0.15, -0.1) is 24.0 Å². The predicted octanol–water partition coefficient (Wildman–Crippen LogP) is 2.78. The van der Waals surface area contributed by atoms with Gasteiger partial charge >= 0.3 is 5.97 Å². The number of nitrogens with zero attached hydrogens (tertiary/aromatic N) is 2. The zero-order chi connectivity index (χ0) is 18.6. The van der Waals surface area contributed by atoms with Crippen LogP contribution in [0.4, 0.5) is 0 Å². The Hall–Kier alpha value is -1.35. The van der Waals surface area contributed by atoms with Crippen molar-refractivity contribution in [3.05, 3.63) is 35.9 Å². The molecule has 1 heterocycles. The summed E-state index contributed by atoms with van der Waals surface area (Å²) in [5.41, 5.74) is 1.37. The molecule has 1 fully saturated rings. The van der Waals surface area contributed by atoms with Gasteiger partial charge in [0.2, 0.25) is 0 Å². The second-order valence-electron chi connectivity index (χ2n) is 6.67. The first-order chi connectivity index (χ1) is 12.7. The number of carbonyl (C=O) groups is 1. The molecule has 0 bridgehead atoms. The van der Waals surface area contributed by atoms with Crippen LogP contribution < -0.4 is 10.6 Å². The Morgan fingerprint density at radius 3 is 2.74 bits per heavy atom. The maximum Gasteiger partial charge on any atom is 0.305 e. The fourth-order valence-electron chi connectivity index (χ4n) is 3.29. The largest absolute Gasteiger partial charge is 0.469 e. The molecule has 27 heavy (non-hydrogen) atoms. The monoisotopic (exact) mass is 488 g/mol. The summed E-state index contributed by atoms with van der Waals surface area (Å²) >= 11 is 0. The van der Waals surface area contributed by atoms with E-state index in [1.54, 1.807) is 7.05 Å². The first-order valence-corrected chi connectivity index (χ1v) is 9.52. The molecule has 1 aliphatic rings. The fraction of sp³-hybridized carbons (Fsp3) is 0.600. The van der Waals surface area contributed by atoms with Gasteiger partial charge in [0, 0.05) is 39.1 Å². The zero-order valence-electron chi connectivity index (χ0n) is 16.4. The number of likely N-dealkylation sites (tertiary alicyclic amines) is 1. The van der Waals surface area contributed by atoms with E-state index < -0.39 is 0 Å². The standard InChI is InChI=1S/C20H32N4O2.HI/c1-21-20(22-13-7-6-12-19(25)26-2)23-15-18-11-8-14-24(18)16-17-9-4-3-5-10-17;/h3-5,9-10,18H,6-8,11-16H2,1-2H3,(H2,21,22,23);1H. The number of ether oxygens (including phenoxy) is 1. The quantitative estimate of drug-likeness (QED) is 0.184. The molecule has 0 spiro atoms. The van der Waals surface area contributed by atoms with Gasteiger partial charge in [-0.3, -0.25) is 14.7 Å². The van der Waals surface area contributed by atoms with Gasteiger partial charge in [-0.2, -0.15) is 0 Å². The Morgan fingerprint density at radius 1 is 1.26 bits per heavy atom. The molecule has 2 N–H and O–H groups in total. The Kier molecular flexibility index (Phi) is 12.1. The van der Waals surface area contributed by atoms with Crippen LogP contribution in [-0.4, -0.2) is 56.7 Å². The Labute approximate surface area is 180 Å². The SMILES string of the molecule is CN=C(NCCCCC(=O)OC)NCC1CCCN1Cc1ccccc1.I. The first-order valence-electron chi connectivity index (χ1n) is 9.52. The third-order valence-corrected chi connectivity index (χ3v) is 4.78. The predicted molar refractivity (Wildman–Crippen MR) is 121 cm³/mol. The van der Waals surface area contributed by atoms with E-state index in [1.165, 1.54) is 25.5 Å². The number of aliphatic imine (C=N–C) groups is 1. The van der Waals surface area contributed by atoms with Gasteiger partial charge in [-0.25, -0.2) is 0 Å². The third-order valence-electron chi connectivity index (χ3n) is 4.78. The van der Waals surface area contributed by atoms with E-state index in [9.17, 15) is 4.79 Å². The number of hydrogen-bond donors (Lipinski definition) is 2. The molecule has 1 aliphatic heterocycles. The average molecular weight is 488 g/mol. The normalized spacial score (nSPS) is 17.3. The van der Waals surface area contributed by atoms with Gasteiger partial charge in [-0.05, 0) is 37.8 Å². The second kappa shape index (κ2) is 13.8. The summed E-state index contributed by atoms with van der Waals surface area (Å²) in [7, 11) is 3.22.